The SMILES string of the molecule is CC1(C)c2cc(-c3cccc(-c4ccc5c(c4)C(C)(C)c4cc(-c6cc(-n7c8ccccc8c8ccccc87)nc(-n7c8ccccc8c8ccccc87)c6)ccc4-5)c3)ccc2-c2ccc(-c3cc(-n4c5ccccc5c5ccccc54)nc(-n4c5ccccc5c5ccccc54)c3)cc21. The van der Waals surface area contributed by atoms with E-state index in [1.807, 2.05) is 0 Å². The van der Waals surface area contributed by atoms with Crippen molar-refractivity contribution in [3.63, 3.8) is 0 Å². The normalized spacial score (nSPS) is 13.6. The van der Waals surface area contributed by atoms with Gasteiger partial charge in [0.25, 0.3) is 0 Å². The second-order valence-electron chi connectivity index (χ2n) is 28.5. The Kier molecular flexibility index (Phi) is 11.8. The standard InChI is InChI=1S/C94H64N6/c1-93(2)77-49-59(40-44-65(77)67-46-42-61(51-79(67)93)63-53-89(97-81-32-13-5-24-69(81)70-25-6-14-33-82(70)97)95-90(54-63)98-83-34-15-7-26-71(83)72-27-8-16-35-84(72)98)57-22-21-23-58(48-57)60-41-45-66-68-47-43-62(52-80(68)94(3,4)78(66)50-60)64-55-91(99-85-36-17-9-28-73(85)74-29-10-18-37-86(74)99)96-92(56-64)100-87-38-19-11-30-75(87)76-31-12-20-39-88(76)100/h5-56H,1-4H3. The number of aromatic nitrogens is 6. The molecule has 21 rings (SSSR count). The van der Waals surface area contributed by atoms with E-state index in [4.69, 9.17) is 9.97 Å². The zero-order chi connectivity index (χ0) is 66.3. The molecule has 0 radical (unpaired) electrons. The largest absolute Gasteiger partial charge is 0.294 e. The van der Waals surface area contributed by atoms with Crippen molar-refractivity contribution in [2.24, 2.45) is 0 Å². The minimum absolute atomic E-state index is 0.284. The maximum atomic E-state index is 5.65. The van der Waals surface area contributed by atoms with Crippen molar-refractivity contribution in [1.82, 2.24) is 28.2 Å². The van der Waals surface area contributed by atoms with Crippen LogP contribution in [0.15, 0.2) is 315 Å². The van der Waals surface area contributed by atoms with Gasteiger partial charge in [0.2, 0.25) is 0 Å². The average Bonchev–Trinajstić information content (AvgIpc) is 1.55. The minimum Gasteiger partial charge on any atom is -0.294 e. The van der Waals surface area contributed by atoms with Crippen molar-refractivity contribution < 1.29 is 0 Å². The van der Waals surface area contributed by atoms with Crippen molar-refractivity contribution in [3.8, 4) is 90.0 Å². The molecule has 2 aliphatic carbocycles. The number of hydrogen-bond donors (Lipinski definition) is 0. The van der Waals surface area contributed by atoms with Gasteiger partial charge in [-0.2, -0.15) is 0 Å². The predicted octanol–water partition coefficient (Wildman–Crippen LogP) is 24.1. The fourth-order valence-electron chi connectivity index (χ4n) is 17.5. The smallest absolute Gasteiger partial charge is 0.140 e. The van der Waals surface area contributed by atoms with Gasteiger partial charge in [-0.25, -0.2) is 9.97 Å². The topological polar surface area (TPSA) is 45.5 Å². The van der Waals surface area contributed by atoms with Gasteiger partial charge in [0, 0.05) is 53.9 Å². The fourth-order valence-corrected chi connectivity index (χ4v) is 17.5. The Morgan fingerprint density at radius 2 is 0.390 bits per heavy atom. The van der Waals surface area contributed by atoms with Gasteiger partial charge in [-0.05, 0) is 192 Å². The molecule has 0 saturated carbocycles. The average molecular weight is 1280 g/mol. The van der Waals surface area contributed by atoms with E-state index < -0.39 is 0 Å². The summed E-state index contributed by atoms with van der Waals surface area (Å²) in [5.74, 6) is 3.51. The molecule has 0 fully saturated rings. The summed E-state index contributed by atoms with van der Waals surface area (Å²) in [6, 6.07) is 117. The molecule has 0 saturated heterocycles. The molecule has 13 aromatic carbocycles. The van der Waals surface area contributed by atoms with Crippen molar-refractivity contribution in [2.75, 3.05) is 0 Å². The van der Waals surface area contributed by atoms with Gasteiger partial charge >= 0.3 is 0 Å². The van der Waals surface area contributed by atoms with Gasteiger partial charge in [-0.15, -0.1) is 0 Å². The summed E-state index contributed by atoms with van der Waals surface area (Å²) in [5.41, 5.74) is 28.3. The third-order valence-electron chi connectivity index (χ3n) is 22.4. The Morgan fingerprint density at radius 1 is 0.190 bits per heavy atom. The van der Waals surface area contributed by atoms with Crippen LogP contribution < -0.4 is 0 Å². The van der Waals surface area contributed by atoms with Crippen LogP contribution in [-0.4, -0.2) is 28.2 Å². The van der Waals surface area contributed by atoms with Crippen LogP contribution >= 0.6 is 0 Å². The summed E-state index contributed by atoms with van der Waals surface area (Å²) < 4.78 is 9.41. The van der Waals surface area contributed by atoms with E-state index in [1.165, 1.54) is 110 Å². The van der Waals surface area contributed by atoms with Gasteiger partial charge < -0.3 is 0 Å². The maximum absolute atomic E-state index is 5.65. The van der Waals surface area contributed by atoms with E-state index in [0.717, 1.165) is 89.7 Å². The Hall–Kier alpha value is -12.6. The number of para-hydroxylation sites is 8. The Balaban J connectivity index is 0.628. The Bertz CT molecular complexity index is 5860. The summed E-state index contributed by atoms with van der Waals surface area (Å²) in [4.78, 5) is 11.3. The van der Waals surface area contributed by atoms with E-state index in [9.17, 15) is 0 Å². The second-order valence-corrected chi connectivity index (χ2v) is 28.5. The molecule has 6 heteroatoms. The zero-order valence-corrected chi connectivity index (χ0v) is 55.7. The lowest BCUT2D eigenvalue weighted by Crippen LogP contribution is -2.15. The van der Waals surface area contributed by atoms with Crippen LogP contribution in [0.3, 0.4) is 0 Å². The third-order valence-corrected chi connectivity index (χ3v) is 22.4. The first-order valence-corrected chi connectivity index (χ1v) is 34.8. The molecule has 0 unspecified atom stereocenters. The Morgan fingerprint density at radius 3 is 0.620 bits per heavy atom. The quantitative estimate of drug-likeness (QED) is 0.152. The molecule has 2 aliphatic rings. The first-order valence-electron chi connectivity index (χ1n) is 34.8. The van der Waals surface area contributed by atoms with Crippen molar-refractivity contribution in [3.05, 3.63) is 338 Å². The van der Waals surface area contributed by atoms with Crippen LogP contribution in [0.4, 0.5) is 0 Å². The number of benzene rings is 13. The van der Waals surface area contributed by atoms with Crippen LogP contribution in [0.5, 0.6) is 0 Å². The molecule has 100 heavy (non-hydrogen) atoms. The van der Waals surface area contributed by atoms with Gasteiger partial charge in [0.15, 0.2) is 0 Å². The molecule has 0 atom stereocenters. The predicted molar refractivity (Wildman–Crippen MR) is 416 cm³/mol. The highest BCUT2D eigenvalue weighted by molar-refractivity contribution is 6.13. The second kappa shape index (κ2) is 20.9. The summed E-state index contributed by atoms with van der Waals surface area (Å²) in [6.45, 7) is 9.61. The van der Waals surface area contributed by atoms with Crippen LogP contribution in [0, 0.1) is 0 Å². The summed E-state index contributed by atoms with van der Waals surface area (Å²) >= 11 is 0. The van der Waals surface area contributed by atoms with Gasteiger partial charge in [0.05, 0.1) is 44.1 Å². The summed E-state index contributed by atoms with van der Waals surface area (Å²) in [7, 11) is 0. The van der Waals surface area contributed by atoms with Crippen molar-refractivity contribution in [1.29, 1.82) is 0 Å². The van der Waals surface area contributed by atoms with E-state index >= 15 is 0 Å². The molecule has 0 aliphatic heterocycles. The van der Waals surface area contributed by atoms with E-state index in [0.29, 0.717) is 0 Å². The molecule has 0 N–H and O–H groups in total. The first-order chi connectivity index (χ1) is 49.1. The van der Waals surface area contributed by atoms with E-state index in [1.54, 1.807) is 0 Å². The zero-order valence-electron chi connectivity index (χ0n) is 55.7. The number of hydrogen-bond acceptors (Lipinski definition) is 2. The van der Waals surface area contributed by atoms with Crippen LogP contribution in [-0.2, 0) is 10.8 Å². The lowest BCUT2D eigenvalue weighted by atomic mass is 9.80. The molecule has 470 valence electrons. The van der Waals surface area contributed by atoms with E-state index in [-0.39, 0.29) is 10.8 Å². The van der Waals surface area contributed by atoms with Gasteiger partial charge in [0.1, 0.15) is 23.3 Å². The molecule has 6 nitrogen and oxygen atoms in total. The Labute approximate surface area is 578 Å². The lowest BCUT2D eigenvalue weighted by molar-refractivity contribution is 0.660. The first kappa shape index (κ1) is 56.5. The molecule has 6 aromatic heterocycles. The maximum Gasteiger partial charge on any atom is 0.140 e. The highest BCUT2D eigenvalue weighted by Gasteiger charge is 2.38. The van der Waals surface area contributed by atoms with Crippen molar-refractivity contribution in [2.45, 2.75) is 38.5 Å². The summed E-state index contributed by atoms with van der Waals surface area (Å²) in [5, 5.41) is 9.67. The lowest BCUT2D eigenvalue weighted by Gasteiger charge is -2.23. The van der Waals surface area contributed by atoms with Gasteiger partial charge in [-0.1, -0.05) is 240 Å². The molecule has 0 bridgehead atoms. The highest BCUT2D eigenvalue weighted by Crippen LogP contribution is 2.54. The number of nitrogens with zero attached hydrogens (tertiary/aromatic N) is 6. The molecular weight excluding hydrogens is 1210 g/mol. The number of rotatable bonds is 8. The molecule has 6 heterocycles. The van der Waals surface area contributed by atoms with Crippen molar-refractivity contribution >= 4 is 87.2 Å². The highest BCUT2D eigenvalue weighted by atomic mass is 15.2. The van der Waals surface area contributed by atoms with Crippen LogP contribution in [0.1, 0.15) is 49.9 Å². The monoisotopic (exact) mass is 1280 g/mol. The molecular formula is C94H64N6. The number of pyridine rings is 2. The fraction of sp³-hybridized carbons (Fsp3) is 0.0638. The molecule has 19 aromatic rings. The minimum atomic E-state index is -0.284. The van der Waals surface area contributed by atoms with Crippen LogP contribution in [0.2, 0.25) is 0 Å². The number of fused-ring (bicyclic) bond motifs is 18. The van der Waals surface area contributed by atoms with Crippen LogP contribution in [0.25, 0.3) is 177 Å². The molecule has 0 spiro atoms. The van der Waals surface area contributed by atoms with Gasteiger partial charge in [-0.3, -0.25) is 18.3 Å². The third kappa shape index (κ3) is 8.13. The van der Waals surface area contributed by atoms with E-state index in [2.05, 4.69) is 361 Å². The molecule has 0 amide bonds. The summed E-state index contributed by atoms with van der Waals surface area (Å²) in [6.07, 6.45) is 0.